The molecule has 1 aromatic heterocycles. The predicted octanol–water partition coefficient (Wildman–Crippen LogP) is 1.96. The Kier molecular flexibility index (Phi) is 3.88. The van der Waals surface area contributed by atoms with Gasteiger partial charge < -0.3 is 10.2 Å². The van der Waals surface area contributed by atoms with E-state index in [1.807, 2.05) is 6.92 Å². The van der Waals surface area contributed by atoms with Crippen molar-refractivity contribution in [2.75, 3.05) is 4.72 Å². The predicted molar refractivity (Wildman–Crippen MR) is 77.5 cm³/mol. The van der Waals surface area contributed by atoms with Crippen molar-refractivity contribution < 1.29 is 23.4 Å². The molecular formula is C12H12N2O5S2. The van der Waals surface area contributed by atoms with Gasteiger partial charge in [0.1, 0.15) is 11.3 Å². The van der Waals surface area contributed by atoms with Gasteiger partial charge in [-0.1, -0.05) is 0 Å². The highest BCUT2D eigenvalue weighted by Crippen LogP contribution is 2.26. The summed E-state index contributed by atoms with van der Waals surface area (Å²) >= 11 is 1.18. The summed E-state index contributed by atoms with van der Waals surface area (Å²) in [7, 11) is -3.97. The molecule has 0 aliphatic heterocycles. The summed E-state index contributed by atoms with van der Waals surface area (Å²) in [4.78, 5) is 15.6. The van der Waals surface area contributed by atoms with E-state index >= 15 is 0 Å². The molecule has 2 aromatic rings. The number of nitrogens with one attached hydrogen (secondary N) is 1. The third-order valence-corrected chi connectivity index (χ3v) is 5.21. The lowest BCUT2D eigenvalue weighted by molar-refractivity contribution is 0.0693. The molecule has 0 aliphatic carbocycles. The molecule has 0 unspecified atom stereocenters. The van der Waals surface area contributed by atoms with Crippen molar-refractivity contribution >= 4 is 32.5 Å². The van der Waals surface area contributed by atoms with E-state index in [4.69, 9.17) is 5.11 Å². The second kappa shape index (κ2) is 5.34. The second-order valence-corrected chi connectivity index (χ2v) is 7.14. The Morgan fingerprint density at radius 2 is 2.00 bits per heavy atom. The van der Waals surface area contributed by atoms with Crippen LogP contribution in [0.2, 0.25) is 0 Å². The quantitative estimate of drug-likeness (QED) is 0.790. The molecule has 0 fully saturated rings. The van der Waals surface area contributed by atoms with Gasteiger partial charge in [-0.15, -0.1) is 11.3 Å². The SMILES string of the molecule is Cc1nc(NS(=O)(=O)c2ccc(O)c(C(=O)O)c2)sc1C. The van der Waals surface area contributed by atoms with Crippen LogP contribution in [0.3, 0.4) is 0 Å². The molecule has 0 bridgehead atoms. The minimum atomic E-state index is -3.97. The molecule has 1 aromatic carbocycles. The van der Waals surface area contributed by atoms with Crippen LogP contribution < -0.4 is 4.72 Å². The summed E-state index contributed by atoms with van der Waals surface area (Å²) in [5.41, 5.74) is 0.235. The lowest BCUT2D eigenvalue weighted by Gasteiger charge is -2.07. The maximum Gasteiger partial charge on any atom is 0.339 e. The van der Waals surface area contributed by atoms with Crippen LogP contribution in [0.15, 0.2) is 23.1 Å². The van der Waals surface area contributed by atoms with Crippen molar-refractivity contribution in [2.45, 2.75) is 18.7 Å². The zero-order valence-electron chi connectivity index (χ0n) is 11.1. The Labute approximate surface area is 125 Å². The molecular weight excluding hydrogens is 316 g/mol. The van der Waals surface area contributed by atoms with Crippen LogP contribution in [-0.2, 0) is 10.0 Å². The third kappa shape index (κ3) is 3.14. The number of nitrogens with zero attached hydrogens (tertiary/aromatic N) is 1. The molecule has 2 rings (SSSR count). The van der Waals surface area contributed by atoms with Crippen LogP contribution in [0.1, 0.15) is 20.9 Å². The topological polar surface area (TPSA) is 117 Å². The number of aryl methyl sites for hydroxylation is 2. The van der Waals surface area contributed by atoms with E-state index in [-0.39, 0.29) is 10.0 Å². The number of rotatable bonds is 4. The average molecular weight is 328 g/mol. The molecule has 0 saturated carbocycles. The molecule has 112 valence electrons. The minimum Gasteiger partial charge on any atom is -0.507 e. The van der Waals surface area contributed by atoms with Crippen LogP contribution in [0, 0.1) is 13.8 Å². The monoisotopic (exact) mass is 328 g/mol. The Bertz CT molecular complexity index is 792. The molecule has 0 atom stereocenters. The van der Waals surface area contributed by atoms with Gasteiger partial charge in [-0.05, 0) is 32.0 Å². The smallest absolute Gasteiger partial charge is 0.339 e. The molecule has 9 heteroatoms. The molecule has 0 amide bonds. The van der Waals surface area contributed by atoms with Gasteiger partial charge in [0.2, 0.25) is 0 Å². The highest BCUT2D eigenvalue weighted by molar-refractivity contribution is 7.93. The Morgan fingerprint density at radius 3 is 2.52 bits per heavy atom. The normalized spacial score (nSPS) is 11.3. The molecule has 0 radical (unpaired) electrons. The minimum absolute atomic E-state index is 0.204. The van der Waals surface area contributed by atoms with Gasteiger partial charge in [0, 0.05) is 4.88 Å². The molecule has 0 spiro atoms. The number of carboxylic acids is 1. The number of thiazole rings is 1. The van der Waals surface area contributed by atoms with Crippen LogP contribution in [0.5, 0.6) is 5.75 Å². The number of aromatic nitrogens is 1. The highest BCUT2D eigenvalue weighted by atomic mass is 32.2. The van der Waals surface area contributed by atoms with Gasteiger partial charge >= 0.3 is 5.97 Å². The summed E-state index contributed by atoms with van der Waals surface area (Å²) in [6.07, 6.45) is 0. The lowest BCUT2D eigenvalue weighted by atomic mass is 10.2. The molecule has 0 aliphatic rings. The lowest BCUT2D eigenvalue weighted by Crippen LogP contribution is -2.13. The largest absolute Gasteiger partial charge is 0.507 e. The van der Waals surface area contributed by atoms with E-state index in [1.165, 1.54) is 11.3 Å². The summed E-state index contributed by atoms with van der Waals surface area (Å²) in [6, 6.07) is 3.04. The van der Waals surface area contributed by atoms with Crippen molar-refractivity contribution in [1.82, 2.24) is 4.98 Å². The number of anilines is 1. The zero-order chi connectivity index (χ0) is 15.8. The number of phenols is 1. The van der Waals surface area contributed by atoms with Gasteiger partial charge in [0.05, 0.1) is 10.6 Å². The van der Waals surface area contributed by atoms with E-state index in [1.54, 1.807) is 6.92 Å². The molecule has 1 heterocycles. The third-order valence-electron chi connectivity index (χ3n) is 2.76. The van der Waals surface area contributed by atoms with Gasteiger partial charge in [0.25, 0.3) is 10.0 Å². The Hall–Kier alpha value is -2.13. The zero-order valence-corrected chi connectivity index (χ0v) is 12.7. The summed E-state index contributed by atoms with van der Waals surface area (Å²) in [5, 5.41) is 18.5. The van der Waals surface area contributed by atoms with Crippen molar-refractivity contribution in [1.29, 1.82) is 0 Å². The number of aromatic hydroxyl groups is 1. The standard InChI is InChI=1S/C12H12N2O5S2/c1-6-7(2)20-12(13-6)14-21(18,19)8-3-4-10(15)9(5-8)11(16)17/h3-5,15H,1-2H3,(H,13,14)(H,16,17). The first-order valence-corrected chi connectivity index (χ1v) is 8.04. The van der Waals surface area contributed by atoms with Crippen LogP contribution in [0.25, 0.3) is 0 Å². The summed E-state index contributed by atoms with van der Waals surface area (Å²) < 4.78 is 26.7. The Morgan fingerprint density at radius 1 is 1.33 bits per heavy atom. The van der Waals surface area contributed by atoms with Gasteiger partial charge in [0.15, 0.2) is 5.13 Å². The number of carbonyl (C=O) groups is 1. The van der Waals surface area contributed by atoms with E-state index in [9.17, 15) is 18.3 Å². The van der Waals surface area contributed by atoms with E-state index in [0.29, 0.717) is 0 Å². The first kappa shape index (κ1) is 15.3. The number of hydrogen-bond donors (Lipinski definition) is 3. The number of hydrogen-bond acceptors (Lipinski definition) is 6. The van der Waals surface area contributed by atoms with Crippen molar-refractivity contribution in [3.8, 4) is 5.75 Å². The van der Waals surface area contributed by atoms with Crippen LogP contribution >= 0.6 is 11.3 Å². The van der Waals surface area contributed by atoms with Crippen molar-refractivity contribution in [3.05, 3.63) is 34.3 Å². The number of sulfonamides is 1. The average Bonchev–Trinajstić information content (AvgIpc) is 2.67. The molecule has 7 nitrogen and oxygen atoms in total. The fraction of sp³-hybridized carbons (Fsp3) is 0.167. The van der Waals surface area contributed by atoms with E-state index in [0.717, 1.165) is 28.8 Å². The number of aromatic carboxylic acids is 1. The summed E-state index contributed by atoms with van der Waals surface area (Å²) in [5.74, 6) is -1.91. The van der Waals surface area contributed by atoms with E-state index < -0.39 is 27.3 Å². The molecule has 21 heavy (non-hydrogen) atoms. The Balaban J connectivity index is 2.40. The maximum atomic E-state index is 12.2. The van der Waals surface area contributed by atoms with Gasteiger partial charge in [-0.25, -0.2) is 18.2 Å². The number of carboxylic acid groups (broad SMARTS) is 1. The fourth-order valence-electron chi connectivity index (χ4n) is 1.54. The second-order valence-electron chi connectivity index (χ2n) is 4.25. The van der Waals surface area contributed by atoms with Crippen LogP contribution in [-0.4, -0.2) is 29.6 Å². The highest BCUT2D eigenvalue weighted by Gasteiger charge is 2.20. The van der Waals surface area contributed by atoms with Crippen molar-refractivity contribution in [3.63, 3.8) is 0 Å². The van der Waals surface area contributed by atoms with E-state index in [2.05, 4.69) is 9.71 Å². The van der Waals surface area contributed by atoms with Crippen molar-refractivity contribution in [2.24, 2.45) is 0 Å². The maximum absolute atomic E-state index is 12.2. The number of benzene rings is 1. The summed E-state index contributed by atoms with van der Waals surface area (Å²) in [6.45, 7) is 3.57. The first-order valence-electron chi connectivity index (χ1n) is 5.74. The van der Waals surface area contributed by atoms with Crippen LogP contribution in [0.4, 0.5) is 5.13 Å². The molecule has 0 saturated heterocycles. The van der Waals surface area contributed by atoms with Gasteiger partial charge in [-0.2, -0.15) is 0 Å². The fourth-order valence-corrected chi connectivity index (χ4v) is 3.62. The van der Waals surface area contributed by atoms with Gasteiger partial charge in [-0.3, -0.25) is 4.72 Å². The molecule has 3 N–H and O–H groups in total. The first-order chi connectivity index (χ1) is 9.70.